The number of hydrogen-bond acceptors (Lipinski definition) is 1. The molecule has 88 valence electrons. The Kier molecular flexibility index (Phi) is 2.23. The predicted octanol–water partition coefficient (Wildman–Crippen LogP) is 2.15. The Hall–Kier alpha value is -0.990. The smallest absolute Gasteiger partial charge is 0.317 e. The van der Waals surface area contributed by atoms with E-state index in [4.69, 9.17) is 0 Å². The molecule has 1 fully saturated rings. The van der Waals surface area contributed by atoms with Crippen molar-refractivity contribution in [2.75, 3.05) is 14.1 Å². The Morgan fingerprint density at radius 3 is 2.75 bits per heavy atom. The van der Waals surface area contributed by atoms with Gasteiger partial charge in [-0.1, -0.05) is 5.57 Å². The first kappa shape index (κ1) is 10.2. The molecular formula is C13H20N2O. The number of nitrogens with one attached hydrogen (secondary N) is 1. The summed E-state index contributed by atoms with van der Waals surface area (Å²) in [6.45, 7) is 0. The van der Waals surface area contributed by atoms with Crippen LogP contribution in [-0.4, -0.2) is 31.1 Å². The van der Waals surface area contributed by atoms with Crippen LogP contribution < -0.4 is 5.32 Å². The van der Waals surface area contributed by atoms with E-state index < -0.39 is 0 Å². The first-order chi connectivity index (χ1) is 7.66. The lowest BCUT2D eigenvalue weighted by Crippen LogP contribution is -2.42. The average Bonchev–Trinajstić information content (AvgIpc) is 2.88. The quantitative estimate of drug-likeness (QED) is 0.675. The van der Waals surface area contributed by atoms with Crippen molar-refractivity contribution in [2.24, 2.45) is 11.8 Å². The lowest BCUT2D eigenvalue weighted by atomic mass is 9.92. The number of amides is 2. The van der Waals surface area contributed by atoms with Gasteiger partial charge in [0.1, 0.15) is 0 Å². The van der Waals surface area contributed by atoms with E-state index in [9.17, 15) is 4.79 Å². The average molecular weight is 220 g/mol. The normalized spacial score (nSPS) is 35.5. The van der Waals surface area contributed by atoms with Crippen molar-refractivity contribution in [3.8, 4) is 0 Å². The highest BCUT2D eigenvalue weighted by Crippen LogP contribution is 2.54. The third kappa shape index (κ3) is 1.37. The molecule has 0 aromatic rings. The molecule has 0 radical (unpaired) electrons. The van der Waals surface area contributed by atoms with Gasteiger partial charge in [0.05, 0.1) is 6.04 Å². The van der Waals surface area contributed by atoms with E-state index in [1.807, 2.05) is 0 Å². The van der Waals surface area contributed by atoms with Crippen LogP contribution in [0.3, 0.4) is 0 Å². The van der Waals surface area contributed by atoms with Crippen LogP contribution in [0.15, 0.2) is 11.1 Å². The van der Waals surface area contributed by atoms with Gasteiger partial charge in [-0.2, -0.15) is 0 Å². The van der Waals surface area contributed by atoms with Crippen molar-refractivity contribution in [3.05, 3.63) is 11.1 Å². The lowest BCUT2D eigenvalue weighted by molar-refractivity contribution is 0.214. The summed E-state index contributed by atoms with van der Waals surface area (Å²) in [4.78, 5) is 13.3. The summed E-state index contributed by atoms with van der Waals surface area (Å²) >= 11 is 0. The van der Waals surface area contributed by atoms with Crippen LogP contribution >= 0.6 is 0 Å². The summed E-state index contributed by atoms with van der Waals surface area (Å²) in [6, 6.07) is 0.404. The molecular weight excluding hydrogens is 200 g/mol. The van der Waals surface area contributed by atoms with Crippen LogP contribution in [0.4, 0.5) is 4.79 Å². The standard InChI is InChI=1S/C13H20N2O/c1-15(2)13(16)14-11-6-5-10-8-3-4-9(7-8)12(10)11/h8-9,11H,3-7H2,1-2H3,(H,14,16). The van der Waals surface area contributed by atoms with Crippen LogP contribution in [0.5, 0.6) is 0 Å². The molecule has 3 unspecified atom stereocenters. The Bertz CT molecular complexity index is 359. The zero-order valence-corrected chi connectivity index (χ0v) is 10.1. The molecule has 3 atom stereocenters. The molecule has 0 aromatic heterocycles. The van der Waals surface area contributed by atoms with Gasteiger partial charge >= 0.3 is 6.03 Å². The van der Waals surface area contributed by atoms with Crippen LogP contribution in [0.25, 0.3) is 0 Å². The van der Waals surface area contributed by atoms with E-state index in [0.29, 0.717) is 6.04 Å². The number of nitrogens with zero attached hydrogens (tertiary/aromatic N) is 1. The second-order valence-corrected chi connectivity index (χ2v) is 5.62. The monoisotopic (exact) mass is 220 g/mol. The Morgan fingerprint density at radius 2 is 2.00 bits per heavy atom. The molecule has 0 aromatic carbocycles. The molecule has 1 saturated carbocycles. The third-order valence-corrected chi connectivity index (χ3v) is 4.52. The van der Waals surface area contributed by atoms with Gasteiger partial charge in [0, 0.05) is 14.1 Å². The Morgan fingerprint density at radius 1 is 1.25 bits per heavy atom. The highest BCUT2D eigenvalue weighted by molar-refractivity contribution is 5.74. The maximum Gasteiger partial charge on any atom is 0.317 e. The summed E-state index contributed by atoms with van der Waals surface area (Å²) < 4.78 is 0. The van der Waals surface area contributed by atoms with E-state index in [0.717, 1.165) is 18.3 Å². The molecule has 0 heterocycles. The highest BCUT2D eigenvalue weighted by Gasteiger charge is 2.44. The maximum atomic E-state index is 11.7. The molecule has 2 bridgehead atoms. The molecule has 2 amide bonds. The minimum Gasteiger partial charge on any atom is -0.332 e. The van der Waals surface area contributed by atoms with Crippen LogP contribution in [0, 0.1) is 11.8 Å². The Balaban J connectivity index is 1.75. The molecule has 3 nitrogen and oxygen atoms in total. The van der Waals surface area contributed by atoms with Gasteiger partial charge in [0.15, 0.2) is 0 Å². The van der Waals surface area contributed by atoms with Crippen molar-refractivity contribution in [2.45, 2.75) is 38.1 Å². The van der Waals surface area contributed by atoms with Gasteiger partial charge in [-0.3, -0.25) is 0 Å². The highest BCUT2D eigenvalue weighted by atomic mass is 16.2. The van der Waals surface area contributed by atoms with Gasteiger partial charge < -0.3 is 10.2 Å². The molecule has 0 spiro atoms. The summed E-state index contributed by atoms with van der Waals surface area (Å²) in [5.41, 5.74) is 3.33. The summed E-state index contributed by atoms with van der Waals surface area (Å²) in [7, 11) is 3.61. The minimum absolute atomic E-state index is 0.0570. The topological polar surface area (TPSA) is 32.3 Å². The van der Waals surface area contributed by atoms with E-state index in [1.165, 1.54) is 25.7 Å². The van der Waals surface area contributed by atoms with Crippen LogP contribution in [0.2, 0.25) is 0 Å². The van der Waals surface area contributed by atoms with Crippen molar-refractivity contribution in [1.29, 1.82) is 0 Å². The zero-order chi connectivity index (χ0) is 11.3. The fraction of sp³-hybridized carbons (Fsp3) is 0.769. The number of hydrogen-bond donors (Lipinski definition) is 1. The predicted molar refractivity (Wildman–Crippen MR) is 63.1 cm³/mol. The van der Waals surface area contributed by atoms with E-state index >= 15 is 0 Å². The fourth-order valence-electron chi connectivity index (χ4n) is 3.82. The zero-order valence-electron chi connectivity index (χ0n) is 10.1. The van der Waals surface area contributed by atoms with Gasteiger partial charge in [-0.15, -0.1) is 0 Å². The van der Waals surface area contributed by atoms with Gasteiger partial charge in [0.2, 0.25) is 0 Å². The molecule has 3 aliphatic carbocycles. The lowest BCUT2D eigenvalue weighted by Gasteiger charge is -2.23. The molecule has 3 heteroatoms. The SMILES string of the molecule is CN(C)C(=O)NC1CCC2=C1C1CCC2C1. The summed E-state index contributed by atoms with van der Waals surface area (Å²) in [6.07, 6.45) is 6.50. The number of rotatable bonds is 1. The molecule has 0 saturated heterocycles. The first-order valence-electron chi connectivity index (χ1n) is 6.37. The number of urea groups is 1. The maximum absolute atomic E-state index is 11.7. The molecule has 3 rings (SSSR count). The fourth-order valence-corrected chi connectivity index (χ4v) is 3.82. The molecule has 3 aliphatic rings. The van der Waals surface area contributed by atoms with Gasteiger partial charge in [-0.25, -0.2) is 4.79 Å². The number of fused-ring (bicyclic) bond motifs is 4. The van der Waals surface area contributed by atoms with E-state index in [1.54, 1.807) is 30.1 Å². The summed E-state index contributed by atoms with van der Waals surface area (Å²) in [5.74, 6) is 1.68. The van der Waals surface area contributed by atoms with Crippen LogP contribution in [0.1, 0.15) is 32.1 Å². The minimum atomic E-state index is 0.0570. The van der Waals surface area contributed by atoms with Gasteiger partial charge in [-0.05, 0) is 49.5 Å². The number of carbonyl (C=O) groups excluding carboxylic acids is 1. The largest absolute Gasteiger partial charge is 0.332 e. The molecule has 1 N–H and O–H groups in total. The Labute approximate surface area is 96.9 Å². The van der Waals surface area contributed by atoms with Crippen LogP contribution in [-0.2, 0) is 0 Å². The van der Waals surface area contributed by atoms with Crippen molar-refractivity contribution < 1.29 is 4.79 Å². The number of allylic oxidation sites excluding steroid dienone is 1. The second kappa shape index (κ2) is 3.51. The number of carbonyl (C=O) groups is 1. The van der Waals surface area contributed by atoms with E-state index in [2.05, 4.69) is 5.32 Å². The van der Waals surface area contributed by atoms with Gasteiger partial charge in [0.25, 0.3) is 0 Å². The van der Waals surface area contributed by atoms with E-state index in [-0.39, 0.29) is 6.03 Å². The van der Waals surface area contributed by atoms with Crippen molar-refractivity contribution in [1.82, 2.24) is 10.2 Å². The second-order valence-electron chi connectivity index (χ2n) is 5.62. The first-order valence-corrected chi connectivity index (χ1v) is 6.37. The van der Waals surface area contributed by atoms with Crippen molar-refractivity contribution in [3.63, 3.8) is 0 Å². The molecule has 16 heavy (non-hydrogen) atoms. The summed E-state index contributed by atoms with van der Waals surface area (Å²) in [5, 5.41) is 3.16. The third-order valence-electron chi connectivity index (χ3n) is 4.52. The molecule has 0 aliphatic heterocycles. The van der Waals surface area contributed by atoms with Crippen molar-refractivity contribution >= 4 is 6.03 Å².